The van der Waals surface area contributed by atoms with Gasteiger partial charge in [-0.15, -0.1) is 0 Å². The molecule has 7 heteroatoms. The SMILES string of the molecule is CCCNC(=O)CCc1ccc([As](=O)([O-])O)cc1.[Na+]. The van der Waals surface area contributed by atoms with Gasteiger partial charge < -0.3 is 0 Å². The van der Waals surface area contributed by atoms with Crippen molar-refractivity contribution in [3.63, 3.8) is 0 Å². The number of nitrogens with one attached hydrogen (secondary N) is 1. The molecule has 1 aromatic carbocycles. The van der Waals surface area contributed by atoms with E-state index >= 15 is 0 Å². The number of amides is 1. The van der Waals surface area contributed by atoms with Gasteiger partial charge in [-0.1, -0.05) is 0 Å². The molecular formula is C12H17AsNNaO4. The summed E-state index contributed by atoms with van der Waals surface area (Å²) < 4.78 is 30.7. The monoisotopic (exact) mass is 337 g/mol. The zero-order valence-corrected chi connectivity index (χ0v) is 15.1. The second-order valence-electron chi connectivity index (χ2n) is 4.04. The molecule has 0 spiro atoms. The van der Waals surface area contributed by atoms with E-state index < -0.39 is 14.2 Å². The first kappa shape index (κ1) is 19.0. The Morgan fingerprint density at radius 2 is 1.95 bits per heavy atom. The topological polar surface area (TPSA) is 89.5 Å². The van der Waals surface area contributed by atoms with Crippen LogP contribution in [0.4, 0.5) is 0 Å². The van der Waals surface area contributed by atoms with Gasteiger partial charge in [-0.3, -0.25) is 0 Å². The number of carbonyl (C=O) groups is 1. The van der Waals surface area contributed by atoms with E-state index in [4.69, 9.17) is 4.10 Å². The molecule has 1 atom stereocenters. The third kappa shape index (κ3) is 7.35. The first-order chi connectivity index (χ1) is 8.43. The van der Waals surface area contributed by atoms with Crippen molar-refractivity contribution < 1.29 is 46.3 Å². The number of rotatable bonds is 6. The molecule has 0 heterocycles. The van der Waals surface area contributed by atoms with Crippen LogP contribution >= 0.6 is 0 Å². The molecule has 5 nitrogen and oxygen atoms in total. The summed E-state index contributed by atoms with van der Waals surface area (Å²) in [5.41, 5.74) is 0.870. The van der Waals surface area contributed by atoms with Crippen molar-refractivity contribution in [2.45, 2.75) is 26.2 Å². The second kappa shape index (κ2) is 9.01. The van der Waals surface area contributed by atoms with Gasteiger partial charge >= 0.3 is 139 Å². The minimum atomic E-state index is -5.03. The average Bonchev–Trinajstić information content (AvgIpc) is 2.33. The minimum absolute atomic E-state index is 0. The van der Waals surface area contributed by atoms with Gasteiger partial charge in [-0.25, -0.2) is 0 Å². The fraction of sp³-hybridized carbons (Fsp3) is 0.417. The van der Waals surface area contributed by atoms with Crippen LogP contribution in [0.25, 0.3) is 0 Å². The van der Waals surface area contributed by atoms with E-state index in [1.54, 1.807) is 12.1 Å². The standard InChI is InChI=1S/C12H18AsNO4.Na/c1-2-9-14-12(15)8-5-10-3-6-11(7-4-10)13(16,17)18;/h3-4,6-7H,2,5,8-9H2,1H3,(H,14,15)(H2,16,17,18);/q;+1/p-1. The molecule has 100 valence electrons. The van der Waals surface area contributed by atoms with E-state index in [1.807, 2.05) is 6.92 Å². The first-order valence-electron chi connectivity index (χ1n) is 5.83. The molecule has 0 aliphatic heterocycles. The molecule has 1 aromatic rings. The van der Waals surface area contributed by atoms with E-state index in [1.165, 1.54) is 12.1 Å². The van der Waals surface area contributed by atoms with Crippen LogP contribution in [-0.4, -0.2) is 30.7 Å². The van der Waals surface area contributed by atoms with E-state index in [-0.39, 0.29) is 39.8 Å². The summed E-state index contributed by atoms with van der Waals surface area (Å²) in [5, 5.41) is 2.77. The van der Waals surface area contributed by atoms with E-state index in [9.17, 15) is 12.6 Å². The molecule has 0 aliphatic rings. The molecule has 19 heavy (non-hydrogen) atoms. The van der Waals surface area contributed by atoms with Gasteiger partial charge in [-0.2, -0.15) is 0 Å². The number of hydrogen-bond acceptors (Lipinski definition) is 3. The zero-order chi connectivity index (χ0) is 13.6. The predicted octanol–water partition coefficient (Wildman–Crippen LogP) is -3.92. The van der Waals surface area contributed by atoms with Crippen LogP contribution in [0.1, 0.15) is 25.3 Å². The number of hydrogen-bond donors (Lipinski definition) is 2. The molecule has 1 amide bonds. The number of benzene rings is 1. The predicted molar refractivity (Wildman–Crippen MR) is 66.4 cm³/mol. The molecular weight excluding hydrogens is 320 g/mol. The van der Waals surface area contributed by atoms with Crippen LogP contribution in [0.3, 0.4) is 0 Å². The van der Waals surface area contributed by atoms with Gasteiger partial charge in [0.05, 0.1) is 0 Å². The van der Waals surface area contributed by atoms with Crippen LogP contribution in [0.15, 0.2) is 24.3 Å². The van der Waals surface area contributed by atoms with Crippen molar-refractivity contribution in [1.82, 2.24) is 5.32 Å². The van der Waals surface area contributed by atoms with Crippen LogP contribution in [0, 0.1) is 0 Å². The van der Waals surface area contributed by atoms with Gasteiger partial charge in [-0.05, 0) is 0 Å². The molecule has 0 aromatic heterocycles. The third-order valence-electron chi connectivity index (χ3n) is 2.48. The normalized spacial score (nSPS) is 13.2. The van der Waals surface area contributed by atoms with E-state index in [0.29, 0.717) is 19.4 Å². The van der Waals surface area contributed by atoms with Gasteiger partial charge in [0, 0.05) is 0 Å². The zero-order valence-electron chi connectivity index (χ0n) is 11.3. The van der Waals surface area contributed by atoms with E-state index in [0.717, 1.165) is 12.0 Å². The van der Waals surface area contributed by atoms with E-state index in [2.05, 4.69) is 5.32 Å². The Bertz CT molecular complexity index is 444. The van der Waals surface area contributed by atoms with Crippen LogP contribution < -0.4 is 43.3 Å². The smallest absolute Gasteiger partial charge is 1.00 e. The Balaban J connectivity index is 0.00000324. The van der Waals surface area contributed by atoms with Crippen LogP contribution in [-0.2, 0) is 15.0 Å². The average molecular weight is 337 g/mol. The van der Waals surface area contributed by atoms with Crippen molar-refractivity contribution in [2.24, 2.45) is 0 Å². The third-order valence-corrected chi connectivity index (χ3v) is 4.47. The van der Waals surface area contributed by atoms with Crippen LogP contribution in [0.5, 0.6) is 0 Å². The molecule has 0 fully saturated rings. The Morgan fingerprint density at radius 3 is 2.42 bits per heavy atom. The Labute approximate surface area is 138 Å². The second-order valence-corrected chi connectivity index (χ2v) is 7.30. The number of carbonyl (C=O) groups excluding carboxylic acids is 1. The first-order valence-corrected chi connectivity index (χ1v) is 9.14. The molecule has 0 saturated heterocycles. The number of aryl methyl sites for hydroxylation is 1. The molecule has 0 aliphatic carbocycles. The summed E-state index contributed by atoms with van der Waals surface area (Å²) >= 11 is -5.03. The van der Waals surface area contributed by atoms with Crippen molar-refractivity contribution >= 4 is 24.4 Å². The molecule has 0 bridgehead atoms. The summed E-state index contributed by atoms with van der Waals surface area (Å²) in [4.78, 5) is 11.4. The maximum absolute atomic E-state index is 11.4. The van der Waals surface area contributed by atoms with Crippen molar-refractivity contribution in [2.75, 3.05) is 6.54 Å². The van der Waals surface area contributed by atoms with Gasteiger partial charge in [0.15, 0.2) is 0 Å². The molecule has 1 unspecified atom stereocenters. The summed E-state index contributed by atoms with van der Waals surface area (Å²) in [5.74, 6) is -0.0123. The molecule has 0 saturated carbocycles. The maximum atomic E-state index is 11.4. The van der Waals surface area contributed by atoms with Gasteiger partial charge in [0.1, 0.15) is 0 Å². The minimum Gasteiger partial charge on any atom is 1.00 e. The van der Waals surface area contributed by atoms with Gasteiger partial charge in [0.25, 0.3) is 0 Å². The fourth-order valence-corrected chi connectivity index (χ4v) is 2.56. The molecule has 2 N–H and O–H groups in total. The largest absolute Gasteiger partial charge is 1.00 e. The molecule has 1 rings (SSSR count). The van der Waals surface area contributed by atoms with Gasteiger partial charge in [0.2, 0.25) is 0 Å². The van der Waals surface area contributed by atoms with Crippen molar-refractivity contribution in [3.05, 3.63) is 29.8 Å². The fourth-order valence-electron chi connectivity index (χ4n) is 1.46. The van der Waals surface area contributed by atoms with Crippen molar-refractivity contribution in [3.8, 4) is 0 Å². The van der Waals surface area contributed by atoms with Crippen molar-refractivity contribution in [1.29, 1.82) is 0 Å². The quantitative estimate of drug-likeness (QED) is 0.519. The van der Waals surface area contributed by atoms with Crippen LogP contribution in [0.2, 0.25) is 0 Å². The Hall–Kier alpha value is -0.0316. The summed E-state index contributed by atoms with van der Waals surface area (Å²) in [7, 11) is 0. The summed E-state index contributed by atoms with van der Waals surface area (Å²) in [6.07, 6.45) is 1.83. The summed E-state index contributed by atoms with van der Waals surface area (Å²) in [6, 6.07) is 5.97. The molecule has 0 radical (unpaired) electrons. The Kier molecular flexibility index (Phi) is 8.99. The maximum Gasteiger partial charge on any atom is 1.00 e. The summed E-state index contributed by atoms with van der Waals surface area (Å²) in [6.45, 7) is 2.65. The Morgan fingerprint density at radius 1 is 1.37 bits per heavy atom.